The van der Waals surface area contributed by atoms with E-state index < -0.39 is 6.10 Å². The number of fused-ring (bicyclic) bond motifs is 1. The van der Waals surface area contributed by atoms with Gasteiger partial charge in [0.25, 0.3) is 0 Å². The van der Waals surface area contributed by atoms with Gasteiger partial charge in [-0.3, -0.25) is 0 Å². The van der Waals surface area contributed by atoms with Gasteiger partial charge in [0.1, 0.15) is 11.8 Å². The quantitative estimate of drug-likeness (QED) is 0.552. The number of thioether (sulfide) groups is 1. The molecule has 8 heteroatoms. The van der Waals surface area contributed by atoms with Crippen LogP contribution in [0.2, 0.25) is 0 Å². The zero-order chi connectivity index (χ0) is 16.1. The van der Waals surface area contributed by atoms with Crippen LogP contribution in [0.4, 0.5) is 5.82 Å². The average molecular weight is 325 g/mol. The molecule has 0 aromatic carbocycles. The molecule has 2 aromatic rings. The summed E-state index contributed by atoms with van der Waals surface area (Å²) in [6.45, 7) is 1.16. The van der Waals surface area contributed by atoms with Crippen molar-refractivity contribution in [3.05, 3.63) is 18.1 Å². The van der Waals surface area contributed by atoms with Gasteiger partial charge in [-0.25, -0.2) is 9.97 Å². The van der Waals surface area contributed by atoms with Gasteiger partial charge in [-0.2, -0.15) is 11.8 Å². The van der Waals surface area contributed by atoms with Crippen LogP contribution in [0.5, 0.6) is 0 Å². The summed E-state index contributed by atoms with van der Waals surface area (Å²) in [6.07, 6.45) is 4.64. The third kappa shape index (κ3) is 3.89. The number of aliphatic hydroxyl groups excluding tert-OH is 2. The number of hydrogen-bond acceptors (Lipinski definition) is 7. The number of H-pyrrole nitrogens is 1. The average Bonchev–Trinajstić information content (AvgIpc) is 2.90. The van der Waals surface area contributed by atoms with Crippen LogP contribution >= 0.6 is 11.8 Å². The topological polar surface area (TPSA) is 111 Å². The lowest BCUT2D eigenvalue weighted by molar-refractivity contribution is 0.0423. The van der Waals surface area contributed by atoms with Crippen LogP contribution in [0.3, 0.4) is 0 Å². The Hall–Kier alpha value is -1.35. The van der Waals surface area contributed by atoms with E-state index in [1.54, 1.807) is 11.8 Å². The molecule has 2 atom stereocenters. The predicted octanol–water partition coefficient (Wildman–Crippen LogP) is 0.304. The Morgan fingerprint density at radius 2 is 2.23 bits per heavy atom. The number of aliphatic hydroxyl groups is 2. The fourth-order valence-corrected chi connectivity index (χ4v) is 3.29. The Morgan fingerprint density at radius 3 is 2.91 bits per heavy atom. The first-order valence-electron chi connectivity index (χ1n) is 7.09. The lowest BCUT2D eigenvalue weighted by Crippen LogP contribution is -2.36. The highest BCUT2D eigenvalue weighted by atomic mass is 32.2. The molecule has 0 aliphatic rings. The Labute approximate surface area is 133 Å². The van der Waals surface area contributed by atoms with Crippen LogP contribution in [-0.4, -0.2) is 68.4 Å². The number of nitrogens with zero attached hydrogens (tertiary/aromatic N) is 3. The van der Waals surface area contributed by atoms with Crippen molar-refractivity contribution in [3.63, 3.8) is 0 Å². The molecule has 7 nitrogen and oxygen atoms in total. The van der Waals surface area contributed by atoms with Gasteiger partial charge in [-0.1, -0.05) is 0 Å². The summed E-state index contributed by atoms with van der Waals surface area (Å²) in [5.74, 6) is 1.26. The summed E-state index contributed by atoms with van der Waals surface area (Å²) in [6, 6.07) is 0. The Bertz CT molecular complexity index is 606. The monoisotopic (exact) mass is 325 g/mol. The second-order valence-corrected chi connectivity index (χ2v) is 6.37. The van der Waals surface area contributed by atoms with E-state index in [1.807, 2.05) is 19.5 Å². The van der Waals surface area contributed by atoms with Crippen LogP contribution < -0.4 is 5.73 Å². The zero-order valence-electron chi connectivity index (χ0n) is 12.9. The van der Waals surface area contributed by atoms with E-state index in [1.165, 1.54) is 6.33 Å². The number of nitrogens with two attached hydrogens (primary N) is 1. The third-order valence-electron chi connectivity index (χ3n) is 3.67. The van der Waals surface area contributed by atoms with Gasteiger partial charge >= 0.3 is 0 Å². The Morgan fingerprint density at radius 1 is 1.45 bits per heavy atom. The van der Waals surface area contributed by atoms with Gasteiger partial charge in [-0.15, -0.1) is 0 Å². The number of rotatable bonds is 8. The summed E-state index contributed by atoms with van der Waals surface area (Å²) in [5, 5.41) is 19.1. The maximum absolute atomic E-state index is 9.90. The third-order valence-corrected chi connectivity index (χ3v) is 4.43. The van der Waals surface area contributed by atoms with E-state index >= 15 is 0 Å². The normalized spacial score (nSPS) is 14.6. The number of anilines is 1. The molecule has 0 fully saturated rings. The van der Waals surface area contributed by atoms with E-state index in [0.717, 1.165) is 22.3 Å². The lowest BCUT2D eigenvalue weighted by atomic mass is 10.0. The van der Waals surface area contributed by atoms with Crippen molar-refractivity contribution in [2.45, 2.75) is 12.6 Å². The summed E-state index contributed by atoms with van der Waals surface area (Å²) in [5.41, 5.74) is 8.43. The van der Waals surface area contributed by atoms with Gasteiger partial charge < -0.3 is 25.8 Å². The molecule has 0 amide bonds. The molecule has 122 valence electrons. The van der Waals surface area contributed by atoms with Crippen LogP contribution in [-0.2, 0) is 6.54 Å². The van der Waals surface area contributed by atoms with Crippen molar-refractivity contribution < 1.29 is 10.2 Å². The summed E-state index contributed by atoms with van der Waals surface area (Å²) >= 11 is 1.67. The van der Waals surface area contributed by atoms with Crippen molar-refractivity contribution in [2.24, 2.45) is 5.92 Å². The van der Waals surface area contributed by atoms with Crippen molar-refractivity contribution in [1.29, 1.82) is 0 Å². The molecule has 0 unspecified atom stereocenters. The summed E-state index contributed by atoms with van der Waals surface area (Å²) < 4.78 is 0. The lowest BCUT2D eigenvalue weighted by Gasteiger charge is -2.26. The Kier molecular flexibility index (Phi) is 6.01. The van der Waals surface area contributed by atoms with Crippen LogP contribution in [0.1, 0.15) is 5.56 Å². The zero-order valence-corrected chi connectivity index (χ0v) is 13.7. The largest absolute Gasteiger partial charge is 0.394 e. The minimum Gasteiger partial charge on any atom is -0.394 e. The maximum atomic E-state index is 9.90. The van der Waals surface area contributed by atoms with Gasteiger partial charge in [-0.05, 0) is 19.1 Å². The van der Waals surface area contributed by atoms with Gasteiger partial charge in [0, 0.05) is 30.8 Å². The minimum atomic E-state index is -0.698. The highest BCUT2D eigenvalue weighted by molar-refractivity contribution is 7.98. The fourth-order valence-electron chi connectivity index (χ4n) is 2.54. The van der Waals surface area contributed by atoms with Crippen LogP contribution in [0.25, 0.3) is 11.0 Å². The number of aromatic amines is 1. The van der Waals surface area contributed by atoms with Crippen molar-refractivity contribution in [2.75, 3.05) is 37.9 Å². The van der Waals surface area contributed by atoms with E-state index in [2.05, 4.69) is 19.9 Å². The first kappa shape index (κ1) is 17.0. The molecule has 2 rings (SSSR count). The van der Waals surface area contributed by atoms with Crippen LogP contribution in [0, 0.1) is 5.92 Å². The molecule has 2 aromatic heterocycles. The Balaban J connectivity index is 2.06. The van der Waals surface area contributed by atoms with E-state index in [4.69, 9.17) is 10.8 Å². The predicted molar refractivity (Wildman–Crippen MR) is 89.6 cm³/mol. The molecule has 5 N–H and O–H groups in total. The molecule has 0 spiro atoms. The van der Waals surface area contributed by atoms with Gasteiger partial charge in [0.2, 0.25) is 0 Å². The van der Waals surface area contributed by atoms with Gasteiger partial charge in [0.05, 0.1) is 18.2 Å². The number of hydrogen-bond donors (Lipinski definition) is 4. The number of nitrogens with one attached hydrogen (secondary N) is 1. The smallest absolute Gasteiger partial charge is 0.151 e. The standard InChI is InChI=1S/C14H23N5O2S/c1-19(5-10(7-22-2)11(21)6-20)4-9-3-16-13-12(9)17-8-18-14(13)15/h3,8,10-11,16,20-21H,4-7H2,1-2H3,(H2,15,17,18)/t10-,11-/m0/s1. The molecular formula is C14H23N5O2S. The van der Waals surface area contributed by atoms with Crippen molar-refractivity contribution in [3.8, 4) is 0 Å². The molecule has 0 radical (unpaired) electrons. The SMILES string of the molecule is CSC[C@H](CN(C)Cc1c[nH]c2c(N)ncnc12)[C@@H](O)CO. The number of aromatic nitrogens is 3. The minimum absolute atomic E-state index is 0.0231. The second kappa shape index (κ2) is 7.77. The maximum Gasteiger partial charge on any atom is 0.151 e. The molecule has 0 saturated carbocycles. The van der Waals surface area contributed by atoms with E-state index in [9.17, 15) is 5.11 Å². The summed E-state index contributed by atoms with van der Waals surface area (Å²) in [4.78, 5) is 13.5. The molecule has 0 aliphatic carbocycles. The second-order valence-electron chi connectivity index (χ2n) is 5.46. The molecule has 22 heavy (non-hydrogen) atoms. The van der Waals surface area contributed by atoms with E-state index in [-0.39, 0.29) is 12.5 Å². The van der Waals surface area contributed by atoms with Crippen LogP contribution in [0.15, 0.2) is 12.5 Å². The molecule has 2 heterocycles. The molecule has 0 bridgehead atoms. The van der Waals surface area contributed by atoms with Crippen molar-refractivity contribution in [1.82, 2.24) is 19.9 Å². The molecule has 0 saturated heterocycles. The fraction of sp³-hybridized carbons (Fsp3) is 0.571. The van der Waals surface area contributed by atoms with Gasteiger partial charge in [0.15, 0.2) is 5.82 Å². The van der Waals surface area contributed by atoms with Crippen molar-refractivity contribution >= 4 is 28.6 Å². The summed E-state index contributed by atoms with van der Waals surface area (Å²) in [7, 11) is 1.99. The molecular weight excluding hydrogens is 302 g/mol. The molecule has 0 aliphatic heterocycles. The van der Waals surface area contributed by atoms with E-state index in [0.29, 0.717) is 18.9 Å². The first-order chi connectivity index (χ1) is 10.6. The first-order valence-corrected chi connectivity index (χ1v) is 8.49. The highest BCUT2D eigenvalue weighted by Crippen LogP contribution is 2.21. The number of nitrogen functional groups attached to an aromatic ring is 1. The highest BCUT2D eigenvalue weighted by Gasteiger charge is 2.20.